The van der Waals surface area contributed by atoms with Gasteiger partial charge in [-0.15, -0.1) is 0 Å². The fraction of sp³-hybridized carbons (Fsp3) is 0.545. The Balaban J connectivity index is 1.57. The summed E-state index contributed by atoms with van der Waals surface area (Å²) in [6, 6.07) is 4.45. The Morgan fingerprint density at radius 2 is 1.93 bits per heavy atom. The minimum absolute atomic E-state index is 0.00219. The second-order valence-electron chi connectivity index (χ2n) is 8.13. The molecule has 0 bridgehead atoms. The van der Waals surface area contributed by atoms with Gasteiger partial charge in [-0.2, -0.15) is 0 Å². The van der Waals surface area contributed by atoms with Crippen molar-refractivity contribution in [1.29, 1.82) is 0 Å². The van der Waals surface area contributed by atoms with Crippen LogP contribution in [0.1, 0.15) is 56.9 Å². The zero-order chi connectivity index (χ0) is 20.4. The molecule has 2 atom stereocenters. The molecule has 0 spiro atoms. The first-order valence-corrected chi connectivity index (χ1v) is 10.8. The lowest BCUT2D eigenvalue weighted by Gasteiger charge is -2.44. The SMILES string of the molecule is O=C(CN1C(=O)/C(=C/c2c(F)cccc2Cl)OC2CCCCC21)NC1CCCC1. The average Bonchev–Trinajstić information content (AvgIpc) is 3.20. The Morgan fingerprint density at radius 1 is 1.21 bits per heavy atom. The van der Waals surface area contributed by atoms with Crippen molar-refractivity contribution in [2.75, 3.05) is 6.54 Å². The van der Waals surface area contributed by atoms with Gasteiger partial charge in [-0.1, -0.05) is 36.9 Å². The van der Waals surface area contributed by atoms with E-state index in [1.807, 2.05) is 0 Å². The molecule has 1 N–H and O–H groups in total. The third kappa shape index (κ3) is 4.42. The smallest absolute Gasteiger partial charge is 0.289 e. The van der Waals surface area contributed by atoms with Crippen LogP contribution in [0, 0.1) is 5.82 Å². The molecule has 1 aromatic rings. The van der Waals surface area contributed by atoms with Gasteiger partial charge >= 0.3 is 0 Å². The zero-order valence-electron chi connectivity index (χ0n) is 16.3. The Labute approximate surface area is 175 Å². The van der Waals surface area contributed by atoms with Gasteiger partial charge in [-0.25, -0.2) is 4.39 Å². The van der Waals surface area contributed by atoms with E-state index in [0.717, 1.165) is 51.4 Å². The molecular formula is C22H26ClFN2O3. The lowest BCUT2D eigenvalue weighted by Crippen LogP contribution is -2.57. The van der Waals surface area contributed by atoms with E-state index in [4.69, 9.17) is 16.3 Å². The first-order chi connectivity index (χ1) is 14.0. The van der Waals surface area contributed by atoms with Crippen LogP contribution in [0.2, 0.25) is 5.02 Å². The molecule has 4 rings (SSSR count). The summed E-state index contributed by atoms with van der Waals surface area (Å²) in [6.07, 6.45) is 9.04. The maximum atomic E-state index is 14.2. The predicted octanol–water partition coefficient (Wildman–Crippen LogP) is 4.05. The molecule has 1 aromatic carbocycles. The number of halogens is 2. The van der Waals surface area contributed by atoms with Crippen LogP contribution >= 0.6 is 11.6 Å². The molecule has 1 saturated heterocycles. The van der Waals surface area contributed by atoms with Gasteiger partial charge in [0.2, 0.25) is 5.91 Å². The van der Waals surface area contributed by atoms with Gasteiger partial charge in [-0.3, -0.25) is 9.59 Å². The quantitative estimate of drug-likeness (QED) is 0.747. The number of rotatable bonds is 4. The van der Waals surface area contributed by atoms with Crippen LogP contribution in [-0.2, 0) is 14.3 Å². The van der Waals surface area contributed by atoms with Crippen LogP contribution < -0.4 is 5.32 Å². The van der Waals surface area contributed by atoms with Crippen molar-refractivity contribution in [3.05, 3.63) is 40.4 Å². The van der Waals surface area contributed by atoms with Gasteiger partial charge < -0.3 is 15.0 Å². The molecule has 156 valence electrons. The van der Waals surface area contributed by atoms with Gasteiger partial charge in [0.25, 0.3) is 5.91 Å². The molecule has 3 fully saturated rings. The van der Waals surface area contributed by atoms with Gasteiger partial charge in [0.1, 0.15) is 18.5 Å². The number of carbonyl (C=O) groups excluding carboxylic acids is 2. The second-order valence-corrected chi connectivity index (χ2v) is 8.54. The summed E-state index contributed by atoms with van der Waals surface area (Å²) < 4.78 is 20.2. The number of nitrogens with zero attached hydrogens (tertiary/aromatic N) is 1. The molecule has 29 heavy (non-hydrogen) atoms. The zero-order valence-corrected chi connectivity index (χ0v) is 17.1. The number of hydrogen-bond acceptors (Lipinski definition) is 3. The third-order valence-electron chi connectivity index (χ3n) is 6.13. The van der Waals surface area contributed by atoms with Gasteiger partial charge in [-0.05, 0) is 50.3 Å². The number of hydrogen-bond donors (Lipinski definition) is 1. The summed E-state index contributed by atoms with van der Waals surface area (Å²) in [5, 5.41) is 3.26. The molecule has 2 amide bonds. The lowest BCUT2D eigenvalue weighted by molar-refractivity contribution is -0.152. The highest BCUT2D eigenvalue weighted by atomic mass is 35.5. The monoisotopic (exact) mass is 420 g/mol. The van der Waals surface area contributed by atoms with E-state index in [-0.39, 0.29) is 52.9 Å². The fourth-order valence-electron chi connectivity index (χ4n) is 4.64. The first-order valence-electron chi connectivity index (χ1n) is 10.5. The van der Waals surface area contributed by atoms with Crippen molar-refractivity contribution in [2.24, 2.45) is 0 Å². The summed E-state index contributed by atoms with van der Waals surface area (Å²) in [6.45, 7) is 0.00219. The second kappa shape index (κ2) is 8.74. The molecule has 7 heteroatoms. The summed E-state index contributed by atoms with van der Waals surface area (Å²) >= 11 is 6.12. The number of ether oxygens (including phenoxy) is 1. The van der Waals surface area contributed by atoms with Crippen LogP contribution in [0.4, 0.5) is 4.39 Å². The minimum Gasteiger partial charge on any atom is -0.482 e. The highest BCUT2D eigenvalue weighted by molar-refractivity contribution is 6.32. The average molecular weight is 421 g/mol. The van der Waals surface area contributed by atoms with Crippen LogP contribution in [0.25, 0.3) is 6.08 Å². The van der Waals surface area contributed by atoms with Gasteiger partial charge in [0.15, 0.2) is 5.76 Å². The Hall–Kier alpha value is -2.08. The Bertz CT molecular complexity index is 802. The molecule has 0 radical (unpaired) electrons. The fourth-order valence-corrected chi connectivity index (χ4v) is 4.86. The molecule has 2 saturated carbocycles. The molecule has 1 heterocycles. The molecular weight excluding hydrogens is 395 g/mol. The van der Waals surface area contributed by atoms with E-state index in [1.54, 1.807) is 11.0 Å². The topological polar surface area (TPSA) is 58.6 Å². The summed E-state index contributed by atoms with van der Waals surface area (Å²) in [4.78, 5) is 27.4. The van der Waals surface area contributed by atoms with Crippen LogP contribution in [-0.4, -0.2) is 41.4 Å². The Morgan fingerprint density at radius 3 is 2.69 bits per heavy atom. The van der Waals surface area contributed by atoms with E-state index in [2.05, 4.69) is 5.32 Å². The van der Waals surface area contributed by atoms with E-state index < -0.39 is 5.82 Å². The molecule has 3 aliphatic rings. The largest absolute Gasteiger partial charge is 0.482 e. The summed E-state index contributed by atoms with van der Waals surface area (Å²) in [5.41, 5.74) is 0.127. The molecule has 0 aromatic heterocycles. The molecule has 2 unspecified atom stereocenters. The molecule has 2 aliphatic carbocycles. The maximum Gasteiger partial charge on any atom is 0.289 e. The molecule has 1 aliphatic heterocycles. The number of fused-ring (bicyclic) bond motifs is 1. The van der Waals surface area contributed by atoms with Crippen LogP contribution in [0.5, 0.6) is 0 Å². The van der Waals surface area contributed by atoms with Crippen molar-refractivity contribution >= 4 is 29.5 Å². The van der Waals surface area contributed by atoms with Gasteiger partial charge in [0.05, 0.1) is 11.1 Å². The van der Waals surface area contributed by atoms with E-state index in [1.165, 1.54) is 18.2 Å². The highest BCUT2D eigenvalue weighted by Crippen LogP contribution is 2.34. The number of benzene rings is 1. The van der Waals surface area contributed by atoms with Crippen LogP contribution in [0.15, 0.2) is 24.0 Å². The third-order valence-corrected chi connectivity index (χ3v) is 6.46. The van der Waals surface area contributed by atoms with Crippen molar-refractivity contribution in [1.82, 2.24) is 10.2 Å². The number of carbonyl (C=O) groups is 2. The minimum atomic E-state index is -0.516. The van der Waals surface area contributed by atoms with Crippen molar-refractivity contribution in [3.8, 4) is 0 Å². The summed E-state index contributed by atoms with van der Waals surface area (Å²) in [7, 11) is 0. The maximum absolute atomic E-state index is 14.2. The predicted molar refractivity (Wildman–Crippen MR) is 109 cm³/mol. The number of amides is 2. The lowest BCUT2D eigenvalue weighted by atomic mass is 9.89. The van der Waals surface area contributed by atoms with E-state index >= 15 is 0 Å². The molecule has 5 nitrogen and oxygen atoms in total. The summed E-state index contributed by atoms with van der Waals surface area (Å²) in [5.74, 6) is -0.986. The van der Waals surface area contributed by atoms with Crippen molar-refractivity contribution < 1.29 is 18.7 Å². The number of morpholine rings is 1. The van der Waals surface area contributed by atoms with Crippen molar-refractivity contribution in [2.45, 2.75) is 69.6 Å². The van der Waals surface area contributed by atoms with Crippen molar-refractivity contribution in [3.63, 3.8) is 0 Å². The Kier molecular flexibility index (Phi) is 6.09. The highest BCUT2D eigenvalue weighted by Gasteiger charge is 2.42. The van der Waals surface area contributed by atoms with E-state index in [0.29, 0.717) is 0 Å². The standard InChI is InChI=1S/C22H26ClFN2O3/c23-16-8-5-9-17(24)15(16)12-20-22(28)26(18-10-3-4-11-19(18)29-20)13-21(27)25-14-6-1-2-7-14/h5,8-9,12,14,18-19H,1-4,6-7,10-11,13H2,(H,25,27)/b20-12-. The van der Waals surface area contributed by atoms with E-state index in [9.17, 15) is 14.0 Å². The first kappa shape index (κ1) is 20.2. The normalized spacial score (nSPS) is 26.3. The van der Waals surface area contributed by atoms with Crippen LogP contribution in [0.3, 0.4) is 0 Å². The number of nitrogens with one attached hydrogen (secondary N) is 1. The van der Waals surface area contributed by atoms with Gasteiger partial charge in [0, 0.05) is 11.6 Å².